The third-order valence-corrected chi connectivity index (χ3v) is 2.69. The molecule has 1 aromatic rings. The number of nitrogens with one attached hydrogen (secondary N) is 1. The number of nitrogens with zero attached hydrogens (tertiary/aromatic N) is 1. The van der Waals surface area contributed by atoms with Crippen LogP contribution in [0.2, 0.25) is 0 Å². The highest BCUT2D eigenvalue weighted by Crippen LogP contribution is 2.34. The van der Waals surface area contributed by atoms with E-state index >= 15 is 0 Å². The molecule has 1 aliphatic rings. The summed E-state index contributed by atoms with van der Waals surface area (Å²) in [6.07, 6.45) is -4.41. The van der Waals surface area contributed by atoms with Crippen LogP contribution in [0.3, 0.4) is 0 Å². The molecule has 0 saturated carbocycles. The van der Waals surface area contributed by atoms with Crippen LogP contribution < -0.4 is 10.1 Å². The number of methoxy groups -OCH3 is 1. The highest BCUT2D eigenvalue weighted by molar-refractivity contribution is 6.01. The lowest BCUT2D eigenvalue weighted by Gasteiger charge is -2.15. The average Bonchev–Trinajstić information content (AvgIpc) is 2.74. The molecule has 6 heteroatoms. The molecule has 0 radical (unpaired) electrons. The predicted molar refractivity (Wildman–Crippen MR) is 62.0 cm³/mol. The first kappa shape index (κ1) is 12.7. The van der Waals surface area contributed by atoms with Crippen LogP contribution in [0.4, 0.5) is 13.2 Å². The second-order valence-electron chi connectivity index (χ2n) is 4.14. The normalized spacial score (nSPS) is 19.4. The molecule has 0 saturated heterocycles. The second-order valence-corrected chi connectivity index (χ2v) is 4.14. The zero-order chi connectivity index (χ0) is 13.3. The maximum atomic E-state index is 12.9. The van der Waals surface area contributed by atoms with Crippen molar-refractivity contribution in [3.63, 3.8) is 0 Å². The van der Waals surface area contributed by atoms with Crippen LogP contribution in [-0.2, 0) is 6.18 Å². The summed E-state index contributed by atoms with van der Waals surface area (Å²) in [6, 6.07) is 3.71. The van der Waals surface area contributed by atoms with Gasteiger partial charge < -0.3 is 10.1 Å². The van der Waals surface area contributed by atoms with Gasteiger partial charge >= 0.3 is 6.18 Å². The van der Waals surface area contributed by atoms with E-state index in [-0.39, 0.29) is 17.4 Å². The van der Waals surface area contributed by atoms with Crippen LogP contribution >= 0.6 is 0 Å². The molecule has 0 fully saturated rings. The van der Waals surface area contributed by atoms with Gasteiger partial charge in [-0.3, -0.25) is 4.99 Å². The van der Waals surface area contributed by atoms with Crippen molar-refractivity contribution in [2.75, 3.05) is 13.7 Å². The second kappa shape index (κ2) is 4.51. The number of hydrogen-bond donors (Lipinski definition) is 1. The third kappa shape index (κ3) is 2.42. The van der Waals surface area contributed by atoms with E-state index < -0.39 is 11.7 Å². The molecule has 1 aromatic carbocycles. The van der Waals surface area contributed by atoms with Gasteiger partial charge in [-0.2, -0.15) is 13.2 Å². The molecule has 3 nitrogen and oxygen atoms in total. The Morgan fingerprint density at radius 3 is 2.61 bits per heavy atom. The van der Waals surface area contributed by atoms with Crippen LogP contribution in [0.5, 0.6) is 5.75 Å². The summed E-state index contributed by atoms with van der Waals surface area (Å²) in [5.74, 6) is 0.649. The molecule has 0 amide bonds. The lowest BCUT2D eigenvalue weighted by molar-refractivity contribution is -0.137. The van der Waals surface area contributed by atoms with Gasteiger partial charge in [0.2, 0.25) is 0 Å². The van der Waals surface area contributed by atoms with Gasteiger partial charge in [0.1, 0.15) is 11.6 Å². The number of alkyl halides is 3. The molecule has 2 rings (SSSR count). The number of benzene rings is 1. The Morgan fingerprint density at radius 1 is 1.39 bits per heavy atom. The van der Waals surface area contributed by atoms with Gasteiger partial charge in [0, 0.05) is 11.6 Å². The van der Waals surface area contributed by atoms with Crippen molar-refractivity contribution in [3.8, 4) is 5.75 Å². The molecule has 1 N–H and O–H groups in total. The maximum Gasteiger partial charge on any atom is 0.417 e. The summed E-state index contributed by atoms with van der Waals surface area (Å²) >= 11 is 0. The fourth-order valence-electron chi connectivity index (χ4n) is 1.81. The topological polar surface area (TPSA) is 33.6 Å². The van der Waals surface area contributed by atoms with Gasteiger partial charge in [-0.25, -0.2) is 0 Å². The third-order valence-electron chi connectivity index (χ3n) is 2.69. The zero-order valence-electron chi connectivity index (χ0n) is 10.0. The van der Waals surface area contributed by atoms with Crippen molar-refractivity contribution >= 4 is 5.84 Å². The Balaban J connectivity index is 2.48. The number of hydrogen-bond acceptors (Lipinski definition) is 3. The Labute approximate surface area is 103 Å². The van der Waals surface area contributed by atoms with Crippen molar-refractivity contribution in [3.05, 3.63) is 29.3 Å². The summed E-state index contributed by atoms with van der Waals surface area (Å²) in [6.45, 7) is 2.34. The van der Waals surface area contributed by atoms with Crippen LogP contribution in [0.15, 0.2) is 23.2 Å². The van der Waals surface area contributed by atoms with E-state index in [0.29, 0.717) is 12.3 Å². The number of aliphatic imine (C=N–C) groups is 1. The van der Waals surface area contributed by atoms with Crippen molar-refractivity contribution in [2.24, 2.45) is 4.99 Å². The molecular formula is C12H13F3N2O. The summed E-state index contributed by atoms with van der Waals surface area (Å²) in [5.41, 5.74) is -0.671. The van der Waals surface area contributed by atoms with Gasteiger partial charge in [-0.15, -0.1) is 0 Å². The standard InChI is InChI=1S/C12H13F3N2O/c1-7-6-16-11(17-7)9-5-8(18-2)3-4-10(9)12(13,14)15/h3-5,7H,6H2,1-2H3,(H,16,17). The molecule has 1 atom stereocenters. The van der Waals surface area contributed by atoms with Gasteiger partial charge in [0.25, 0.3) is 0 Å². The van der Waals surface area contributed by atoms with Crippen molar-refractivity contribution in [2.45, 2.75) is 19.1 Å². The highest BCUT2D eigenvalue weighted by atomic mass is 19.4. The van der Waals surface area contributed by atoms with Crippen LogP contribution in [0.1, 0.15) is 18.1 Å². The quantitative estimate of drug-likeness (QED) is 0.884. The van der Waals surface area contributed by atoms with E-state index in [1.807, 2.05) is 6.92 Å². The lowest BCUT2D eigenvalue weighted by Crippen LogP contribution is -2.29. The van der Waals surface area contributed by atoms with Crippen molar-refractivity contribution < 1.29 is 17.9 Å². The number of ether oxygens (including phenoxy) is 1. The van der Waals surface area contributed by atoms with Crippen LogP contribution in [0.25, 0.3) is 0 Å². The van der Waals surface area contributed by atoms with E-state index in [1.54, 1.807) is 0 Å². The molecule has 0 aromatic heterocycles. The zero-order valence-corrected chi connectivity index (χ0v) is 10.0. The van der Waals surface area contributed by atoms with E-state index in [9.17, 15) is 13.2 Å². The SMILES string of the molecule is COc1ccc(C(F)(F)F)c(C2=NCC(C)N2)c1. The lowest BCUT2D eigenvalue weighted by atomic mass is 10.1. The predicted octanol–water partition coefficient (Wildman–Crippen LogP) is 2.45. The molecule has 1 unspecified atom stereocenters. The summed E-state index contributed by atoms with van der Waals surface area (Å²) in [5, 5.41) is 2.93. The fourth-order valence-corrected chi connectivity index (χ4v) is 1.81. The molecule has 0 aliphatic carbocycles. The minimum atomic E-state index is -4.41. The Bertz CT molecular complexity index is 483. The number of amidine groups is 1. The summed E-state index contributed by atoms with van der Waals surface area (Å²) in [7, 11) is 1.42. The largest absolute Gasteiger partial charge is 0.497 e. The number of halogens is 3. The smallest absolute Gasteiger partial charge is 0.417 e. The molecule has 1 aliphatic heterocycles. The first-order valence-electron chi connectivity index (χ1n) is 5.48. The van der Waals surface area contributed by atoms with E-state index in [2.05, 4.69) is 10.3 Å². The molecule has 1 heterocycles. The molecular weight excluding hydrogens is 245 g/mol. The van der Waals surface area contributed by atoms with Gasteiger partial charge in [-0.1, -0.05) is 0 Å². The number of rotatable bonds is 2. The molecule has 18 heavy (non-hydrogen) atoms. The average molecular weight is 258 g/mol. The van der Waals surface area contributed by atoms with E-state index in [4.69, 9.17) is 4.74 Å². The van der Waals surface area contributed by atoms with Gasteiger partial charge in [0.15, 0.2) is 0 Å². The van der Waals surface area contributed by atoms with Gasteiger partial charge in [0.05, 0.1) is 19.2 Å². The van der Waals surface area contributed by atoms with Crippen LogP contribution in [-0.4, -0.2) is 25.5 Å². The summed E-state index contributed by atoms with van der Waals surface area (Å²) < 4.78 is 43.7. The minimum absolute atomic E-state index is 0.0335. The van der Waals surface area contributed by atoms with Crippen molar-refractivity contribution in [1.29, 1.82) is 0 Å². The van der Waals surface area contributed by atoms with Gasteiger partial charge in [-0.05, 0) is 25.1 Å². The highest BCUT2D eigenvalue weighted by Gasteiger charge is 2.35. The minimum Gasteiger partial charge on any atom is -0.497 e. The van der Waals surface area contributed by atoms with Crippen LogP contribution in [0, 0.1) is 0 Å². The Kier molecular flexibility index (Phi) is 3.19. The van der Waals surface area contributed by atoms with Crippen molar-refractivity contribution in [1.82, 2.24) is 5.32 Å². The Morgan fingerprint density at radius 2 is 2.11 bits per heavy atom. The Hall–Kier alpha value is -1.72. The summed E-state index contributed by atoms with van der Waals surface area (Å²) in [4.78, 5) is 4.09. The maximum absolute atomic E-state index is 12.9. The molecule has 0 bridgehead atoms. The fraction of sp³-hybridized carbons (Fsp3) is 0.417. The van der Waals surface area contributed by atoms with E-state index in [1.165, 1.54) is 19.2 Å². The van der Waals surface area contributed by atoms with E-state index in [0.717, 1.165) is 6.07 Å². The first-order chi connectivity index (χ1) is 8.41. The molecule has 98 valence electrons. The molecule has 0 spiro atoms. The first-order valence-corrected chi connectivity index (χ1v) is 5.48. The monoisotopic (exact) mass is 258 g/mol.